The standard InChI is InChI=1S/C21H25N5O2.HI/c1-22-21(24-13-16-14-27-19-9-4-5-10-20(19)28-16)23-11-6-12-26-15-25-17-7-2-3-8-18(17)26;/h2-5,7-10,15-16H,6,11-14H2,1H3,(H2,22,23,24);1H. The molecule has 1 aliphatic heterocycles. The summed E-state index contributed by atoms with van der Waals surface area (Å²) in [7, 11) is 1.77. The minimum absolute atomic E-state index is 0. The van der Waals surface area contributed by atoms with Crippen LogP contribution in [-0.2, 0) is 6.54 Å². The zero-order chi connectivity index (χ0) is 19.2. The van der Waals surface area contributed by atoms with Crippen molar-refractivity contribution in [3.05, 3.63) is 54.9 Å². The van der Waals surface area contributed by atoms with Crippen molar-refractivity contribution in [3.63, 3.8) is 0 Å². The molecule has 1 aliphatic rings. The molecule has 1 aromatic heterocycles. The lowest BCUT2D eigenvalue weighted by Gasteiger charge is -2.27. The SMILES string of the molecule is CN=C(NCCCn1cnc2ccccc21)NCC1COc2ccccc2O1.I. The number of halogens is 1. The van der Waals surface area contributed by atoms with E-state index in [2.05, 4.69) is 31.2 Å². The molecule has 29 heavy (non-hydrogen) atoms. The van der Waals surface area contributed by atoms with Gasteiger partial charge in [0, 0.05) is 20.1 Å². The van der Waals surface area contributed by atoms with Crippen molar-refractivity contribution >= 4 is 41.0 Å². The predicted octanol–water partition coefficient (Wildman–Crippen LogP) is 3.05. The molecule has 3 aromatic rings. The van der Waals surface area contributed by atoms with Crippen LogP contribution in [0.4, 0.5) is 0 Å². The van der Waals surface area contributed by atoms with Gasteiger partial charge in [0.2, 0.25) is 0 Å². The Kier molecular flexibility index (Phi) is 7.56. The van der Waals surface area contributed by atoms with Gasteiger partial charge in [0.05, 0.1) is 23.9 Å². The summed E-state index contributed by atoms with van der Waals surface area (Å²) in [6.07, 6.45) is 2.82. The topological polar surface area (TPSA) is 72.7 Å². The monoisotopic (exact) mass is 507 g/mol. The number of para-hydroxylation sites is 4. The van der Waals surface area contributed by atoms with E-state index >= 15 is 0 Å². The molecule has 2 aromatic carbocycles. The third-order valence-electron chi connectivity index (χ3n) is 4.68. The predicted molar refractivity (Wildman–Crippen MR) is 125 cm³/mol. The highest BCUT2D eigenvalue weighted by Crippen LogP contribution is 2.30. The van der Waals surface area contributed by atoms with E-state index in [-0.39, 0.29) is 30.1 Å². The smallest absolute Gasteiger partial charge is 0.191 e. The van der Waals surface area contributed by atoms with Crippen LogP contribution in [0.25, 0.3) is 11.0 Å². The Bertz CT molecular complexity index is 959. The van der Waals surface area contributed by atoms with Crippen molar-refractivity contribution in [2.75, 3.05) is 26.7 Å². The number of nitrogens with zero attached hydrogens (tertiary/aromatic N) is 3. The van der Waals surface area contributed by atoms with Gasteiger partial charge in [-0.2, -0.15) is 0 Å². The van der Waals surface area contributed by atoms with Crippen molar-refractivity contribution in [2.24, 2.45) is 4.99 Å². The molecule has 0 spiro atoms. The average Bonchev–Trinajstić information content (AvgIpc) is 3.16. The molecule has 7 nitrogen and oxygen atoms in total. The molecular formula is C21H26IN5O2. The molecule has 0 amide bonds. The molecule has 4 rings (SSSR count). The first-order valence-corrected chi connectivity index (χ1v) is 9.56. The quantitative estimate of drug-likeness (QED) is 0.232. The zero-order valence-electron chi connectivity index (χ0n) is 16.4. The molecule has 0 fully saturated rings. The van der Waals surface area contributed by atoms with Crippen LogP contribution < -0.4 is 20.1 Å². The summed E-state index contributed by atoms with van der Waals surface area (Å²) >= 11 is 0. The molecule has 0 saturated carbocycles. The number of rotatable bonds is 6. The lowest BCUT2D eigenvalue weighted by molar-refractivity contribution is 0.0936. The molecule has 0 aliphatic carbocycles. The summed E-state index contributed by atoms with van der Waals surface area (Å²) < 4.78 is 13.9. The van der Waals surface area contributed by atoms with Crippen LogP contribution in [0.5, 0.6) is 11.5 Å². The van der Waals surface area contributed by atoms with Crippen LogP contribution in [0, 0.1) is 0 Å². The summed E-state index contributed by atoms with van der Waals surface area (Å²) in [6, 6.07) is 15.9. The lowest BCUT2D eigenvalue weighted by atomic mass is 10.2. The number of guanidine groups is 1. The lowest BCUT2D eigenvalue weighted by Crippen LogP contribution is -2.45. The molecule has 2 N–H and O–H groups in total. The molecule has 0 saturated heterocycles. The van der Waals surface area contributed by atoms with Gasteiger partial charge in [-0.15, -0.1) is 24.0 Å². The number of fused-ring (bicyclic) bond motifs is 2. The van der Waals surface area contributed by atoms with Gasteiger partial charge in [-0.25, -0.2) is 4.98 Å². The number of benzene rings is 2. The van der Waals surface area contributed by atoms with Crippen molar-refractivity contribution in [1.82, 2.24) is 20.2 Å². The van der Waals surface area contributed by atoms with Crippen molar-refractivity contribution in [1.29, 1.82) is 0 Å². The summed E-state index contributed by atoms with van der Waals surface area (Å²) in [4.78, 5) is 8.71. The van der Waals surface area contributed by atoms with E-state index in [1.54, 1.807) is 7.05 Å². The number of nitrogens with one attached hydrogen (secondary N) is 2. The number of aromatic nitrogens is 2. The van der Waals surface area contributed by atoms with E-state index in [1.165, 1.54) is 5.52 Å². The maximum absolute atomic E-state index is 5.96. The molecular weight excluding hydrogens is 481 g/mol. The fourth-order valence-corrected chi connectivity index (χ4v) is 3.24. The maximum Gasteiger partial charge on any atom is 0.191 e. The Morgan fingerprint density at radius 1 is 1.14 bits per heavy atom. The third-order valence-corrected chi connectivity index (χ3v) is 4.68. The first-order chi connectivity index (χ1) is 13.8. The number of imidazole rings is 1. The molecule has 1 atom stereocenters. The summed E-state index contributed by atoms with van der Waals surface area (Å²) in [5.74, 6) is 2.35. The summed E-state index contributed by atoms with van der Waals surface area (Å²) in [6.45, 7) is 2.87. The Balaban J connectivity index is 0.00000240. The second-order valence-electron chi connectivity index (χ2n) is 6.66. The molecule has 2 heterocycles. The highest BCUT2D eigenvalue weighted by molar-refractivity contribution is 14.0. The summed E-state index contributed by atoms with van der Waals surface area (Å²) in [5.41, 5.74) is 2.20. The number of aliphatic imine (C=N–C) groups is 1. The van der Waals surface area contributed by atoms with Crippen molar-refractivity contribution < 1.29 is 9.47 Å². The highest BCUT2D eigenvalue weighted by Gasteiger charge is 2.20. The average molecular weight is 507 g/mol. The van der Waals surface area contributed by atoms with Crippen molar-refractivity contribution in [2.45, 2.75) is 19.1 Å². The van der Waals surface area contributed by atoms with Crippen LogP contribution >= 0.6 is 24.0 Å². The first-order valence-electron chi connectivity index (χ1n) is 9.56. The number of hydrogen-bond donors (Lipinski definition) is 2. The number of hydrogen-bond acceptors (Lipinski definition) is 4. The largest absolute Gasteiger partial charge is 0.486 e. The maximum atomic E-state index is 5.96. The molecule has 154 valence electrons. The fraction of sp³-hybridized carbons (Fsp3) is 0.333. The normalized spacial score (nSPS) is 15.6. The van der Waals surface area contributed by atoms with Gasteiger partial charge in [0.25, 0.3) is 0 Å². The number of aryl methyl sites for hydroxylation is 1. The van der Waals surface area contributed by atoms with Crippen LogP contribution in [0.2, 0.25) is 0 Å². The number of ether oxygens (including phenoxy) is 2. The van der Waals surface area contributed by atoms with Crippen LogP contribution in [0.15, 0.2) is 59.9 Å². The zero-order valence-corrected chi connectivity index (χ0v) is 18.7. The van der Waals surface area contributed by atoms with E-state index in [4.69, 9.17) is 9.47 Å². The first kappa shape index (κ1) is 21.2. The van der Waals surface area contributed by atoms with Gasteiger partial charge < -0.3 is 24.7 Å². The van der Waals surface area contributed by atoms with Crippen LogP contribution in [0.3, 0.4) is 0 Å². The van der Waals surface area contributed by atoms with E-state index in [9.17, 15) is 0 Å². The Morgan fingerprint density at radius 3 is 2.79 bits per heavy atom. The molecule has 8 heteroatoms. The second kappa shape index (κ2) is 10.3. The van der Waals surface area contributed by atoms with Crippen LogP contribution in [-0.4, -0.2) is 48.4 Å². The van der Waals surface area contributed by atoms with E-state index in [1.807, 2.05) is 48.8 Å². The van der Waals surface area contributed by atoms with E-state index in [0.29, 0.717) is 13.2 Å². The van der Waals surface area contributed by atoms with Gasteiger partial charge in [-0.3, -0.25) is 4.99 Å². The van der Waals surface area contributed by atoms with Gasteiger partial charge >= 0.3 is 0 Å². The minimum Gasteiger partial charge on any atom is -0.486 e. The second-order valence-corrected chi connectivity index (χ2v) is 6.66. The van der Waals surface area contributed by atoms with Gasteiger partial charge in [0.15, 0.2) is 17.5 Å². The van der Waals surface area contributed by atoms with Gasteiger partial charge in [-0.1, -0.05) is 24.3 Å². The third kappa shape index (κ3) is 5.31. The Morgan fingerprint density at radius 2 is 1.93 bits per heavy atom. The molecule has 0 bridgehead atoms. The highest BCUT2D eigenvalue weighted by atomic mass is 127. The van der Waals surface area contributed by atoms with Crippen molar-refractivity contribution in [3.8, 4) is 11.5 Å². The van der Waals surface area contributed by atoms with Gasteiger partial charge in [0.1, 0.15) is 12.7 Å². The van der Waals surface area contributed by atoms with Gasteiger partial charge in [-0.05, 0) is 30.7 Å². The van der Waals surface area contributed by atoms with E-state index in [0.717, 1.165) is 42.5 Å². The minimum atomic E-state index is -0.0502. The fourth-order valence-electron chi connectivity index (χ4n) is 3.24. The summed E-state index contributed by atoms with van der Waals surface area (Å²) in [5, 5.41) is 6.66. The molecule has 0 radical (unpaired) electrons. The Hall–Kier alpha value is -2.49. The Labute approximate surface area is 187 Å². The van der Waals surface area contributed by atoms with E-state index < -0.39 is 0 Å². The molecule has 1 unspecified atom stereocenters. The van der Waals surface area contributed by atoms with Crippen LogP contribution in [0.1, 0.15) is 6.42 Å².